The molecule has 2 amide bonds. The first-order chi connectivity index (χ1) is 12.8. The summed E-state index contributed by atoms with van der Waals surface area (Å²) < 4.78 is 42.2. The Balaban J connectivity index is 1.63. The molecule has 1 heterocycles. The summed E-state index contributed by atoms with van der Waals surface area (Å²) in [5, 5.41) is 4.49. The van der Waals surface area contributed by atoms with Crippen molar-refractivity contribution in [1.29, 1.82) is 0 Å². The zero-order valence-corrected chi connectivity index (χ0v) is 14.2. The second-order valence-corrected chi connectivity index (χ2v) is 6.19. The van der Waals surface area contributed by atoms with Crippen molar-refractivity contribution in [2.24, 2.45) is 5.92 Å². The molecule has 0 unspecified atom stereocenters. The van der Waals surface area contributed by atoms with E-state index in [4.69, 9.17) is 4.74 Å². The van der Waals surface area contributed by atoms with E-state index in [-0.39, 0.29) is 18.1 Å². The molecule has 8 heteroatoms. The molecule has 1 atom stereocenters. The number of halogens is 3. The molecule has 3 rings (SSSR count). The first-order valence-corrected chi connectivity index (χ1v) is 8.28. The maximum atomic E-state index is 12.5. The fourth-order valence-electron chi connectivity index (χ4n) is 2.76. The van der Waals surface area contributed by atoms with Crippen molar-refractivity contribution in [2.75, 3.05) is 18.5 Å². The van der Waals surface area contributed by atoms with Gasteiger partial charge in [-0.05, 0) is 36.2 Å². The predicted molar refractivity (Wildman–Crippen MR) is 92.6 cm³/mol. The number of para-hydroxylation sites is 1. The minimum atomic E-state index is -4.49. The van der Waals surface area contributed by atoms with Crippen molar-refractivity contribution >= 4 is 17.5 Å². The fraction of sp³-hybridized carbons (Fsp3) is 0.263. The van der Waals surface area contributed by atoms with Gasteiger partial charge in [0.05, 0.1) is 5.92 Å². The number of anilines is 1. The molecule has 2 aromatic rings. The van der Waals surface area contributed by atoms with Crippen LogP contribution in [0.5, 0.6) is 5.75 Å². The van der Waals surface area contributed by atoms with Gasteiger partial charge in [0.1, 0.15) is 18.9 Å². The molecule has 2 aromatic carbocycles. The number of carbonyl (C=O) groups excluding carboxylic acids is 2. The lowest BCUT2D eigenvalue weighted by Gasteiger charge is -2.24. The van der Waals surface area contributed by atoms with E-state index < -0.39 is 24.5 Å². The van der Waals surface area contributed by atoms with Gasteiger partial charge in [-0.1, -0.05) is 24.3 Å². The smallest absolute Gasteiger partial charge is 0.405 e. The summed E-state index contributed by atoms with van der Waals surface area (Å²) in [7, 11) is 0. The van der Waals surface area contributed by atoms with Gasteiger partial charge in [0.2, 0.25) is 5.91 Å². The van der Waals surface area contributed by atoms with Crippen LogP contribution in [0.2, 0.25) is 0 Å². The SMILES string of the molecule is O=C(NCC(F)(F)F)c1cccc(NC(=O)[C@@H]2COc3ccccc3C2)c1. The van der Waals surface area contributed by atoms with Crippen molar-refractivity contribution in [1.82, 2.24) is 5.32 Å². The highest BCUT2D eigenvalue weighted by Crippen LogP contribution is 2.27. The van der Waals surface area contributed by atoms with Crippen LogP contribution >= 0.6 is 0 Å². The van der Waals surface area contributed by atoms with E-state index >= 15 is 0 Å². The number of benzene rings is 2. The third kappa shape index (κ3) is 4.99. The first kappa shape index (κ1) is 18.8. The lowest BCUT2D eigenvalue weighted by atomic mass is 9.96. The monoisotopic (exact) mass is 378 g/mol. The molecule has 0 saturated carbocycles. The Morgan fingerprint density at radius 3 is 2.67 bits per heavy atom. The third-order valence-electron chi connectivity index (χ3n) is 4.09. The lowest BCUT2D eigenvalue weighted by molar-refractivity contribution is -0.123. The summed E-state index contributed by atoms with van der Waals surface area (Å²) in [6.07, 6.45) is -3.97. The first-order valence-electron chi connectivity index (χ1n) is 8.28. The van der Waals surface area contributed by atoms with E-state index in [2.05, 4.69) is 5.32 Å². The maximum Gasteiger partial charge on any atom is 0.405 e. The summed E-state index contributed by atoms with van der Waals surface area (Å²) >= 11 is 0. The maximum absolute atomic E-state index is 12.5. The van der Waals surface area contributed by atoms with Crippen LogP contribution in [0.1, 0.15) is 15.9 Å². The average molecular weight is 378 g/mol. The van der Waals surface area contributed by atoms with Gasteiger partial charge in [-0.3, -0.25) is 9.59 Å². The van der Waals surface area contributed by atoms with Crippen LogP contribution in [0, 0.1) is 5.92 Å². The Morgan fingerprint density at radius 2 is 1.89 bits per heavy atom. The zero-order valence-electron chi connectivity index (χ0n) is 14.2. The van der Waals surface area contributed by atoms with Crippen molar-refractivity contribution in [2.45, 2.75) is 12.6 Å². The molecule has 0 aromatic heterocycles. The van der Waals surface area contributed by atoms with Gasteiger partial charge in [-0.25, -0.2) is 0 Å². The molecule has 2 N–H and O–H groups in total. The Morgan fingerprint density at radius 1 is 1.11 bits per heavy atom. The molecule has 27 heavy (non-hydrogen) atoms. The molecule has 0 spiro atoms. The standard InChI is InChI=1S/C19H17F3N2O3/c20-19(21,22)11-23-17(25)13-5-3-6-15(9-13)24-18(26)14-8-12-4-1-2-7-16(12)27-10-14/h1-7,9,14H,8,10-11H2,(H,23,25)(H,24,26)/t14-/m0/s1. The van der Waals surface area contributed by atoms with E-state index in [0.29, 0.717) is 12.1 Å². The molecule has 142 valence electrons. The van der Waals surface area contributed by atoms with Gasteiger partial charge in [-0.2, -0.15) is 13.2 Å². The number of carbonyl (C=O) groups is 2. The number of hydrogen-bond acceptors (Lipinski definition) is 3. The highest BCUT2D eigenvalue weighted by Gasteiger charge is 2.28. The Labute approximate surface area is 153 Å². The van der Waals surface area contributed by atoms with Crippen LogP contribution in [-0.2, 0) is 11.2 Å². The predicted octanol–water partition coefficient (Wildman–Crippen LogP) is 3.17. The summed E-state index contributed by atoms with van der Waals surface area (Å²) in [5.41, 5.74) is 1.30. The van der Waals surface area contributed by atoms with E-state index in [1.807, 2.05) is 24.3 Å². The van der Waals surface area contributed by atoms with Gasteiger partial charge in [-0.15, -0.1) is 0 Å². The fourth-order valence-corrected chi connectivity index (χ4v) is 2.76. The quantitative estimate of drug-likeness (QED) is 0.859. The molecule has 0 saturated heterocycles. The molecule has 0 bridgehead atoms. The molecule has 1 aliphatic heterocycles. The Kier molecular flexibility index (Phi) is 5.34. The normalized spacial score (nSPS) is 16.0. The van der Waals surface area contributed by atoms with Crippen molar-refractivity contribution in [3.05, 3.63) is 59.7 Å². The summed E-state index contributed by atoms with van der Waals surface area (Å²) in [6, 6.07) is 13.2. The van der Waals surface area contributed by atoms with Crippen LogP contribution in [0.25, 0.3) is 0 Å². The number of hydrogen-bond donors (Lipinski definition) is 2. The van der Waals surface area contributed by atoms with Crippen LogP contribution in [-0.4, -0.2) is 31.1 Å². The minimum Gasteiger partial charge on any atom is -0.492 e. The second-order valence-electron chi connectivity index (χ2n) is 6.19. The van der Waals surface area contributed by atoms with E-state index in [1.165, 1.54) is 18.2 Å². The zero-order chi connectivity index (χ0) is 19.4. The van der Waals surface area contributed by atoms with Crippen molar-refractivity contribution in [3.8, 4) is 5.75 Å². The number of nitrogens with one attached hydrogen (secondary N) is 2. The number of rotatable bonds is 4. The topological polar surface area (TPSA) is 67.4 Å². The van der Waals surface area contributed by atoms with Crippen LogP contribution in [0.15, 0.2) is 48.5 Å². The van der Waals surface area contributed by atoms with Crippen LogP contribution in [0.4, 0.5) is 18.9 Å². The summed E-state index contributed by atoms with van der Waals surface area (Å²) in [4.78, 5) is 24.3. The van der Waals surface area contributed by atoms with E-state index in [1.54, 1.807) is 11.4 Å². The van der Waals surface area contributed by atoms with Crippen LogP contribution < -0.4 is 15.4 Å². The number of alkyl halides is 3. The minimum absolute atomic E-state index is 0.0299. The average Bonchev–Trinajstić information content (AvgIpc) is 2.65. The van der Waals surface area contributed by atoms with E-state index in [9.17, 15) is 22.8 Å². The highest BCUT2D eigenvalue weighted by molar-refractivity contribution is 5.97. The molecule has 0 fully saturated rings. The van der Waals surface area contributed by atoms with E-state index in [0.717, 1.165) is 11.3 Å². The van der Waals surface area contributed by atoms with Crippen molar-refractivity contribution < 1.29 is 27.5 Å². The lowest BCUT2D eigenvalue weighted by Crippen LogP contribution is -2.34. The van der Waals surface area contributed by atoms with Crippen molar-refractivity contribution in [3.63, 3.8) is 0 Å². The van der Waals surface area contributed by atoms with Gasteiger partial charge < -0.3 is 15.4 Å². The number of ether oxygens (including phenoxy) is 1. The van der Waals surface area contributed by atoms with Crippen LogP contribution in [0.3, 0.4) is 0 Å². The molecule has 0 aliphatic carbocycles. The summed E-state index contributed by atoms with van der Waals surface area (Å²) in [6.45, 7) is -1.18. The number of amides is 2. The van der Waals surface area contributed by atoms with Gasteiger partial charge in [0.25, 0.3) is 5.91 Å². The molecule has 1 aliphatic rings. The largest absolute Gasteiger partial charge is 0.492 e. The molecular weight excluding hydrogens is 361 g/mol. The van der Waals surface area contributed by atoms with Gasteiger partial charge in [0, 0.05) is 11.3 Å². The summed E-state index contributed by atoms with van der Waals surface area (Å²) in [5.74, 6) is -0.789. The third-order valence-corrected chi connectivity index (χ3v) is 4.09. The highest BCUT2D eigenvalue weighted by atomic mass is 19.4. The number of fused-ring (bicyclic) bond motifs is 1. The van der Waals surface area contributed by atoms with Gasteiger partial charge in [0.15, 0.2) is 0 Å². The van der Waals surface area contributed by atoms with Gasteiger partial charge >= 0.3 is 6.18 Å². The Hall–Kier alpha value is -3.03. The molecular formula is C19H17F3N2O3. The molecule has 5 nitrogen and oxygen atoms in total. The molecule has 0 radical (unpaired) electrons. The second kappa shape index (κ2) is 7.69. The Bertz CT molecular complexity index is 852.